The summed E-state index contributed by atoms with van der Waals surface area (Å²) in [6.07, 6.45) is 5.43. The number of rotatable bonds is 3. The van der Waals surface area contributed by atoms with E-state index in [1.54, 1.807) is 12.4 Å². The molecule has 1 saturated heterocycles. The topological polar surface area (TPSA) is 75.3 Å². The lowest BCUT2D eigenvalue weighted by Crippen LogP contribution is -2.37. The summed E-state index contributed by atoms with van der Waals surface area (Å²) in [5, 5.41) is 9.18. The van der Waals surface area contributed by atoms with E-state index in [2.05, 4.69) is 14.9 Å². The molecule has 0 radical (unpaired) electrons. The molecular formula is C11H16N4OS. The monoisotopic (exact) mass is 252 g/mol. The van der Waals surface area contributed by atoms with Gasteiger partial charge in [-0.15, -0.1) is 0 Å². The third kappa shape index (κ3) is 2.89. The van der Waals surface area contributed by atoms with Gasteiger partial charge in [-0.2, -0.15) is 0 Å². The Kier molecular flexibility index (Phi) is 3.86. The van der Waals surface area contributed by atoms with E-state index < -0.39 is 0 Å². The van der Waals surface area contributed by atoms with Gasteiger partial charge in [0.05, 0.1) is 12.4 Å². The second-order valence-corrected chi connectivity index (χ2v) is 4.70. The van der Waals surface area contributed by atoms with E-state index in [0.717, 1.165) is 31.7 Å². The van der Waals surface area contributed by atoms with Crippen molar-refractivity contribution in [3.05, 3.63) is 18.1 Å². The average Bonchev–Trinajstić information content (AvgIpc) is 2.39. The first-order chi connectivity index (χ1) is 8.20. The lowest BCUT2D eigenvalue weighted by Gasteiger charge is -2.32. The largest absolute Gasteiger partial charge is 0.396 e. The van der Waals surface area contributed by atoms with E-state index in [0.29, 0.717) is 11.6 Å². The van der Waals surface area contributed by atoms with Crippen LogP contribution in [-0.2, 0) is 0 Å². The van der Waals surface area contributed by atoms with Gasteiger partial charge in [-0.25, -0.2) is 9.97 Å². The van der Waals surface area contributed by atoms with Crippen LogP contribution in [-0.4, -0.2) is 39.8 Å². The summed E-state index contributed by atoms with van der Waals surface area (Å²) < 4.78 is 0. The van der Waals surface area contributed by atoms with Crippen molar-refractivity contribution in [2.45, 2.75) is 12.8 Å². The molecule has 5 nitrogen and oxygen atoms in total. The molecule has 1 aromatic heterocycles. The minimum Gasteiger partial charge on any atom is -0.396 e. The van der Waals surface area contributed by atoms with Gasteiger partial charge in [-0.1, -0.05) is 12.2 Å². The minimum absolute atomic E-state index is 0.231. The lowest BCUT2D eigenvalue weighted by molar-refractivity contribution is 0.208. The molecule has 0 aliphatic carbocycles. The molecule has 2 heterocycles. The first-order valence-corrected chi connectivity index (χ1v) is 6.09. The van der Waals surface area contributed by atoms with Crippen LogP contribution >= 0.6 is 12.2 Å². The molecule has 1 atom stereocenters. The van der Waals surface area contributed by atoms with Crippen LogP contribution < -0.4 is 10.6 Å². The van der Waals surface area contributed by atoms with Crippen LogP contribution in [0, 0.1) is 5.92 Å². The third-order valence-corrected chi connectivity index (χ3v) is 3.20. The molecule has 0 bridgehead atoms. The van der Waals surface area contributed by atoms with Crippen molar-refractivity contribution in [1.82, 2.24) is 9.97 Å². The van der Waals surface area contributed by atoms with Gasteiger partial charge in [0, 0.05) is 19.7 Å². The molecule has 1 aliphatic heterocycles. The van der Waals surface area contributed by atoms with Crippen LogP contribution in [0.4, 0.5) is 5.82 Å². The maximum Gasteiger partial charge on any atom is 0.147 e. The number of anilines is 1. The highest BCUT2D eigenvalue weighted by molar-refractivity contribution is 7.80. The molecule has 1 aliphatic rings. The first-order valence-electron chi connectivity index (χ1n) is 5.68. The molecule has 0 amide bonds. The first kappa shape index (κ1) is 12.2. The van der Waals surface area contributed by atoms with Crippen LogP contribution in [0.5, 0.6) is 0 Å². The van der Waals surface area contributed by atoms with Gasteiger partial charge in [0.25, 0.3) is 0 Å². The normalized spacial score (nSPS) is 20.3. The highest BCUT2D eigenvalue weighted by Crippen LogP contribution is 2.20. The summed E-state index contributed by atoms with van der Waals surface area (Å²) in [6.45, 7) is 2.02. The molecule has 3 N–H and O–H groups in total. The van der Waals surface area contributed by atoms with Crippen molar-refractivity contribution in [3.8, 4) is 0 Å². The van der Waals surface area contributed by atoms with Crippen molar-refractivity contribution in [2.75, 3.05) is 24.6 Å². The van der Waals surface area contributed by atoms with Gasteiger partial charge >= 0.3 is 0 Å². The van der Waals surface area contributed by atoms with Crippen molar-refractivity contribution in [1.29, 1.82) is 0 Å². The molecule has 6 heteroatoms. The van der Waals surface area contributed by atoms with Crippen LogP contribution in [0.25, 0.3) is 0 Å². The van der Waals surface area contributed by atoms with Gasteiger partial charge < -0.3 is 15.7 Å². The number of hydrogen-bond acceptors (Lipinski definition) is 5. The van der Waals surface area contributed by atoms with Crippen LogP contribution in [0.2, 0.25) is 0 Å². The summed E-state index contributed by atoms with van der Waals surface area (Å²) in [5.74, 6) is 1.16. The molecule has 1 unspecified atom stereocenters. The average molecular weight is 252 g/mol. The number of thiocarbonyl (C=S) groups is 1. The third-order valence-electron chi connectivity index (χ3n) is 2.99. The zero-order valence-electron chi connectivity index (χ0n) is 9.54. The molecule has 1 fully saturated rings. The Balaban J connectivity index is 2.08. The standard InChI is InChI=1S/C11H16N4OS/c12-11(17)9-4-14-10(5-13-9)15-3-1-2-8(6-15)7-16/h4-5,8,16H,1-3,6-7H2,(H2,12,17). The summed E-state index contributed by atoms with van der Waals surface area (Å²) in [4.78, 5) is 10.9. The molecule has 0 aromatic carbocycles. The molecule has 17 heavy (non-hydrogen) atoms. The Morgan fingerprint density at radius 3 is 2.94 bits per heavy atom. The SMILES string of the molecule is NC(=S)c1cnc(N2CCCC(CO)C2)cn1. The Labute approximate surface area is 106 Å². The van der Waals surface area contributed by atoms with E-state index in [-0.39, 0.29) is 11.6 Å². The fraction of sp³-hybridized carbons (Fsp3) is 0.545. The number of nitrogens with zero attached hydrogens (tertiary/aromatic N) is 3. The van der Waals surface area contributed by atoms with E-state index in [1.165, 1.54) is 0 Å². The smallest absolute Gasteiger partial charge is 0.147 e. The number of hydrogen-bond donors (Lipinski definition) is 2. The maximum absolute atomic E-state index is 9.18. The van der Waals surface area contributed by atoms with Crippen LogP contribution in [0.15, 0.2) is 12.4 Å². The van der Waals surface area contributed by atoms with Crippen LogP contribution in [0.3, 0.4) is 0 Å². The predicted octanol–water partition coefficient (Wildman–Crippen LogP) is 0.319. The highest BCUT2D eigenvalue weighted by atomic mass is 32.1. The van der Waals surface area contributed by atoms with Gasteiger partial charge in [-0.05, 0) is 18.8 Å². The van der Waals surface area contributed by atoms with Crippen molar-refractivity contribution >= 4 is 23.0 Å². The number of aliphatic hydroxyl groups excluding tert-OH is 1. The Hall–Kier alpha value is -1.27. The van der Waals surface area contributed by atoms with Crippen LogP contribution in [0.1, 0.15) is 18.5 Å². The van der Waals surface area contributed by atoms with E-state index in [9.17, 15) is 5.11 Å². The van der Waals surface area contributed by atoms with Gasteiger partial charge in [0.15, 0.2) is 0 Å². The zero-order chi connectivity index (χ0) is 12.3. The number of nitrogens with two attached hydrogens (primary N) is 1. The Morgan fingerprint density at radius 1 is 1.53 bits per heavy atom. The maximum atomic E-state index is 9.18. The second kappa shape index (κ2) is 5.37. The minimum atomic E-state index is 0.231. The number of aromatic nitrogens is 2. The fourth-order valence-corrected chi connectivity index (χ4v) is 2.14. The molecule has 92 valence electrons. The van der Waals surface area contributed by atoms with E-state index in [4.69, 9.17) is 18.0 Å². The summed E-state index contributed by atoms with van der Waals surface area (Å²) >= 11 is 4.83. The lowest BCUT2D eigenvalue weighted by atomic mass is 9.99. The summed E-state index contributed by atoms with van der Waals surface area (Å²) in [5.41, 5.74) is 6.01. The molecular weight excluding hydrogens is 236 g/mol. The van der Waals surface area contributed by atoms with Gasteiger partial charge in [-0.3, -0.25) is 0 Å². The summed E-state index contributed by atoms with van der Waals surface area (Å²) in [6, 6.07) is 0. The van der Waals surface area contributed by atoms with E-state index in [1.807, 2.05) is 0 Å². The van der Waals surface area contributed by atoms with Crippen molar-refractivity contribution in [3.63, 3.8) is 0 Å². The van der Waals surface area contributed by atoms with Gasteiger partial charge in [0.2, 0.25) is 0 Å². The van der Waals surface area contributed by atoms with Crippen molar-refractivity contribution in [2.24, 2.45) is 11.7 Å². The fourth-order valence-electron chi connectivity index (χ4n) is 2.03. The number of piperidine rings is 1. The molecule has 2 rings (SSSR count). The number of aliphatic hydroxyl groups is 1. The quantitative estimate of drug-likeness (QED) is 0.755. The highest BCUT2D eigenvalue weighted by Gasteiger charge is 2.20. The van der Waals surface area contributed by atoms with Crippen molar-refractivity contribution < 1.29 is 5.11 Å². The molecule has 0 spiro atoms. The summed E-state index contributed by atoms with van der Waals surface area (Å²) in [7, 11) is 0. The Bertz CT molecular complexity index is 395. The molecule has 1 aromatic rings. The van der Waals surface area contributed by atoms with Gasteiger partial charge in [0.1, 0.15) is 16.5 Å². The molecule has 0 saturated carbocycles. The Morgan fingerprint density at radius 2 is 2.35 bits per heavy atom. The predicted molar refractivity (Wildman–Crippen MR) is 69.9 cm³/mol. The van der Waals surface area contributed by atoms with E-state index >= 15 is 0 Å². The zero-order valence-corrected chi connectivity index (χ0v) is 10.4. The second-order valence-electron chi connectivity index (χ2n) is 4.26.